The highest BCUT2D eigenvalue weighted by atomic mass is 16.4. The van der Waals surface area contributed by atoms with Gasteiger partial charge in [0.15, 0.2) is 0 Å². The van der Waals surface area contributed by atoms with Crippen molar-refractivity contribution >= 4 is 6.09 Å². The molecule has 16 heavy (non-hydrogen) atoms. The summed E-state index contributed by atoms with van der Waals surface area (Å²) < 4.78 is 0. The molecule has 0 heterocycles. The number of carbonyl (C=O) groups is 1. The summed E-state index contributed by atoms with van der Waals surface area (Å²) >= 11 is 0. The van der Waals surface area contributed by atoms with Crippen LogP contribution in [0, 0.1) is 0 Å². The van der Waals surface area contributed by atoms with E-state index in [-0.39, 0.29) is 12.1 Å². The Morgan fingerprint density at radius 1 is 1.50 bits per heavy atom. The van der Waals surface area contributed by atoms with Gasteiger partial charge in [0.05, 0.1) is 0 Å². The minimum absolute atomic E-state index is 0.00249. The number of nitrogens with one attached hydrogen (secondary N) is 1. The number of hydrogen-bond donors (Lipinski definition) is 3. The van der Waals surface area contributed by atoms with Crippen molar-refractivity contribution in [1.82, 2.24) is 5.32 Å². The molecule has 0 aliphatic rings. The van der Waals surface area contributed by atoms with Crippen molar-refractivity contribution < 1.29 is 9.90 Å². The van der Waals surface area contributed by atoms with Crippen LogP contribution < -0.4 is 11.1 Å². The summed E-state index contributed by atoms with van der Waals surface area (Å²) in [5, 5.41) is 11.0. The Kier molecular flexibility index (Phi) is 4.31. The number of rotatable bonds is 4. The normalized spacial score (nSPS) is 14.2. The second-order valence-electron chi connectivity index (χ2n) is 4.09. The highest BCUT2D eigenvalue weighted by Gasteiger charge is 2.07. The summed E-state index contributed by atoms with van der Waals surface area (Å²) in [6, 6.07) is 7.82. The molecule has 4 nitrogen and oxygen atoms in total. The first kappa shape index (κ1) is 12.5. The molecule has 1 aromatic carbocycles. The van der Waals surface area contributed by atoms with Crippen LogP contribution in [-0.2, 0) is 6.42 Å². The molecule has 0 fully saturated rings. The Labute approximate surface area is 95.5 Å². The fraction of sp³-hybridized carbons (Fsp3) is 0.417. The van der Waals surface area contributed by atoms with E-state index in [9.17, 15) is 4.79 Å². The lowest BCUT2D eigenvalue weighted by atomic mass is 10.0. The fourth-order valence-electron chi connectivity index (χ4n) is 1.62. The van der Waals surface area contributed by atoms with E-state index in [1.54, 1.807) is 0 Å². The zero-order valence-corrected chi connectivity index (χ0v) is 9.60. The lowest BCUT2D eigenvalue weighted by molar-refractivity contribution is 0.190. The van der Waals surface area contributed by atoms with Gasteiger partial charge in [0.2, 0.25) is 0 Å². The average molecular weight is 222 g/mol. The monoisotopic (exact) mass is 222 g/mol. The van der Waals surface area contributed by atoms with Gasteiger partial charge in [-0.1, -0.05) is 24.3 Å². The zero-order chi connectivity index (χ0) is 12.1. The van der Waals surface area contributed by atoms with Crippen LogP contribution in [0.3, 0.4) is 0 Å². The van der Waals surface area contributed by atoms with E-state index >= 15 is 0 Å². The van der Waals surface area contributed by atoms with Crippen LogP contribution in [-0.4, -0.2) is 17.2 Å². The molecule has 4 N–H and O–H groups in total. The van der Waals surface area contributed by atoms with Crippen LogP contribution >= 0.6 is 0 Å². The van der Waals surface area contributed by atoms with Gasteiger partial charge in [-0.25, -0.2) is 4.79 Å². The molecule has 0 bridgehead atoms. The third kappa shape index (κ3) is 3.90. The number of hydrogen-bond acceptors (Lipinski definition) is 2. The molecule has 0 spiro atoms. The largest absolute Gasteiger partial charge is 0.465 e. The van der Waals surface area contributed by atoms with Gasteiger partial charge in [0.25, 0.3) is 0 Å². The summed E-state index contributed by atoms with van der Waals surface area (Å²) in [5.74, 6) is 0. The number of benzene rings is 1. The Morgan fingerprint density at radius 3 is 2.75 bits per heavy atom. The highest BCUT2D eigenvalue weighted by Crippen LogP contribution is 2.13. The van der Waals surface area contributed by atoms with Crippen LogP contribution in [0.2, 0.25) is 0 Å². The maximum atomic E-state index is 10.4. The van der Waals surface area contributed by atoms with E-state index in [0.717, 1.165) is 11.1 Å². The van der Waals surface area contributed by atoms with Crippen LogP contribution in [0.1, 0.15) is 31.0 Å². The maximum Gasteiger partial charge on any atom is 0.404 e. The third-order valence-corrected chi connectivity index (χ3v) is 2.39. The van der Waals surface area contributed by atoms with Crippen molar-refractivity contribution in [3.05, 3.63) is 35.4 Å². The molecule has 0 aliphatic heterocycles. The van der Waals surface area contributed by atoms with Crippen molar-refractivity contribution in [2.24, 2.45) is 5.73 Å². The van der Waals surface area contributed by atoms with Gasteiger partial charge in [-0.3, -0.25) is 0 Å². The molecule has 4 heteroatoms. The Bertz CT molecular complexity index is 364. The van der Waals surface area contributed by atoms with Gasteiger partial charge >= 0.3 is 6.09 Å². The summed E-state index contributed by atoms with van der Waals surface area (Å²) in [5.41, 5.74) is 7.95. The van der Waals surface area contributed by atoms with Gasteiger partial charge in [0, 0.05) is 12.1 Å². The van der Waals surface area contributed by atoms with E-state index in [4.69, 9.17) is 10.8 Å². The molecule has 0 aromatic heterocycles. The van der Waals surface area contributed by atoms with Gasteiger partial charge in [-0.2, -0.15) is 0 Å². The van der Waals surface area contributed by atoms with E-state index in [1.165, 1.54) is 0 Å². The lowest BCUT2D eigenvalue weighted by Crippen LogP contribution is -2.32. The minimum atomic E-state index is -0.990. The fourth-order valence-corrected chi connectivity index (χ4v) is 1.62. The van der Waals surface area contributed by atoms with Crippen LogP contribution in [0.15, 0.2) is 24.3 Å². The van der Waals surface area contributed by atoms with E-state index < -0.39 is 6.09 Å². The Balaban J connectivity index is 2.66. The van der Waals surface area contributed by atoms with Crippen molar-refractivity contribution in [3.8, 4) is 0 Å². The first-order valence-electron chi connectivity index (χ1n) is 5.33. The van der Waals surface area contributed by atoms with Gasteiger partial charge in [-0.15, -0.1) is 0 Å². The second kappa shape index (κ2) is 5.51. The predicted octanol–water partition coefficient (Wildman–Crippen LogP) is 1.90. The lowest BCUT2D eigenvalue weighted by Gasteiger charge is -2.13. The van der Waals surface area contributed by atoms with Crippen LogP contribution in [0.25, 0.3) is 0 Å². The van der Waals surface area contributed by atoms with Crippen LogP contribution in [0.5, 0.6) is 0 Å². The topological polar surface area (TPSA) is 75.3 Å². The van der Waals surface area contributed by atoms with E-state index in [1.807, 2.05) is 38.1 Å². The van der Waals surface area contributed by atoms with Gasteiger partial charge in [-0.05, 0) is 31.4 Å². The van der Waals surface area contributed by atoms with E-state index in [2.05, 4.69) is 5.32 Å². The molecule has 1 amide bonds. The van der Waals surface area contributed by atoms with Crippen molar-refractivity contribution in [2.45, 2.75) is 32.4 Å². The smallest absolute Gasteiger partial charge is 0.404 e. The molecule has 1 rings (SSSR count). The first-order chi connectivity index (χ1) is 7.49. The molecule has 1 unspecified atom stereocenters. The summed E-state index contributed by atoms with van der Waals surface area (Å²) in [4.78, 5) is 10.4. The molecule has 88 valence electrons. The van der Waals surface area contributed by atoms with Crippen molar-refractivity contribution in [3.63, 3.8) is 0 Å². The van der Waals surface area contributed by atoms with Crippen molar-refractivity contribution in [1.29, 1.82) is 0 Å². The van der Waals surface area contributed by atoms with Gasteiger partial charge in [0.1, 0.15) is 0 Å². The SMILES string of the molecule is CC(Cc1cccc([C@@H](C)N)c1)NC(=O)O. The Morgan fingerprint density at radius 2 is 2.19 bits per heavy atom. The molecular weight excluding hydrogens is 204 g/mol. The number of nitrogens with two attached hydrogens (primary N) is 1. The standard InChI is InChI=1S/C12H18N2O2/c1-8(14-12(15)16)6-10-4-3-5-11(7-10)9(2)13/h3-5,7-9,14H,6,13H2,1-2H3,(H,15,16)/t8?,9-/m1/s1. The molecule has 0 aliphatic carbocycles. The first-order valence-corrected chi connectivity index (χ1v) is 5.33. The summed E-state index contributed by atoms with van der Waals surface area (Å²) in [6.07, 6.45) is -0.316. The number of amides is 1. The number of carboxylic acid groups (broad SMARTS) is 1. The molecule has 0 saturated carbocycles. The molecule has 0 radical (unpaired) electrons. The summed E-state index contributed by atoms with van der Waals surface area (Å²) in [6.45, 7) is 3.77. The molecule has 1 aromatic rings. The highest BCUT2D eigenvalue weighted by molar-refractivity contribution is 5.64. The van der Waals surface area contributed by atoms with Gasteiger partial charge < -0.3 is 16.2 Å². The third-order valence-electron chi connectivity index (χ3n) is 2.39. The second-order valence-corrected chi connectivity index (χ2v) is 4.09. The molecular formula is C12H18N2O2. The summed E-state index contributed by atoms with van der Waals surface area (Å²) in [7, 11) is 0. The maximum absolute atomic E-state index is 10.4. The van der Waals surface area contributed by atoms with Crippen molar-refractivity contribution in [2.75, 3.05) is 0 Å². The minimum Gasteiger partial charge on any atom is -0.465 e. The Hall–Kier alpha value is -1.55. The quantitative estimate of drug-likeness (QED) is 0.728. The predicted molar refractivity (Wildman–Crippen MR) is 63.4 cm³/mol. The molecule has 2 atom stereocenters. The average Bonchev–Trinajstić information content (AvgIpc) is 2.16. The molecule has 0 saturated heterocycles. The van der Waals surface area contributed by atoms with E-state index in [0.29, 0.717) is 6.42 Å². The zero-order valence-electron chi connectivity index (χ0n) is 9.60. The van der Waals surface area contributed by atoms with Crippen LogP contribution in [0.4, 0.5) is 4.79 Å².